The lowest BCUT2D eigenvalue weighted by Gasteiger charge is -2.05. The van der Waals surface area contributed by atoms with E-state index in [1.807, 2.05) is 0 Å². The molecule has 98 valence electrons. The van der Waals surface area contributed by atoms with Gasteiger partial charge in [-0.15, -0.1) is 0 Å². The van der Waals surface area contributed by atoms with E-state index >= 15 is 0 Å². The van der Waals surface area contributed by atoms with Crippen molar-refractivity contribution in [2.75, 3.05) is 0 Å². The number of benzene rings is 1. The van der Waals surface area contributed by atoms with Gasteiger partial charge in [0.1, 0.15) is 27.6 Å². The van der Waals surface area contributed by atoms with E-state index in [1.165, 1.54) is 12.1 Å². The first-order chi connectivity index (χ1) is 9.11. The van der Waals surface area contributed by atoms with E-state index < -0.39 is 11.6 Å². The van der Waals surface area contributed by atoms with Gasteiger partial charge in [-0.2, -0.15) is 0 Å². The molecule has 1 heterocycles. The Labute approximate surface area is 118 Å². The molecule has 0 radical (unpaired) electrons. The summed E-state index contributed by atoms with van der Waals surface area (Å²) < 4.78 is 26.4. The average molecular weight is 299 g/mol. The van der Waals surface area contributed by atoms with Crippen LogP contribution in [0.5, 0.6) is 0 Å². The molecular weight excluding hydrogens is 290 g/mol. The molecule has 19 heavy (non-hydrogen) atoms. The number of rotatable bonds is 3. The minimum atomic E-state index is -0.604. The summed E-state index contributed by atoms with van der Waals surface area (Å²) in [6.45, 7) is 0. The van der Waals surface area contributed by atoms with Gasteiger partial charge in [-0.3, -0.25) is 0 Å². The van der Waals surface area contributed by atoms with Gasteiger partial charge in [0.05, 0.1) is 0 Å². The fourth-order valence-corrected chi connectivity index (χ4v) is 2.74. The molecule has 1 aliphatic rings. The van der Waals surface area contributed by atoms with E-state index in [-0.39, 0.29) is 0 Å². The summed E-state index contributed by atoms with van der Waals surface area (Å²) in [6, 6.07) is 5.05. The summed E-state index contributed by atoms with van der Waals surface area (Å²) >= 11 is 7.05. The molecule has 0 spiro atoms. The molecule has 0 N–H and O–H groups in total. The van der Waals surface area contributed by atoms with Crippen LogP contribution in [0.3, 0.4) is 0 Å². The summed E-state index contributed by atoms with van der Waals surface area (Å²) in [6.07, 6.45) is 2.13. The van der Waals surface area contributed by atoms with Crippen molar-refractivity contribution in [1.29, 1.82) is 0 Å². The molecular formula is C13H9ClF2N2S. The molecule has 2 aromatic rings. The zero-order valence-electron chi connectivity index (χ0n) is 9.74. The highest BCUT2D eigenvalue weighted by Crippen LogP contribution is 2.39. The third-order valence-electron chi connectivity index (χ3n) is 2.74. The smallest absolute Gasteiger partial charge is 0.140 e. The second-order valence-electron chi connectivity index (χ2n) is 4.34. The second kappa shape index (κ2) is 5.06. The van der Waals surface area contributed by atoms with Crippen LogP contribution in [0.2, 0.25) is 5.15 Å². The lowest BCUT2D eigenvalue weighted by atomic mass is 10.3. The number of halogens is 3. The van der Waals surface area contributed by atoms with E-state index in [1.54, 1.807) is 6.07 Å². The van der Waals surface area contributed by atoms with Gasteiger partial charge in [0.25, 0.3) is 0 Å². The van der Waals surface area contributed by atoms with Gasteiger partial charge in [-0.1, -0.05) is 23.4 Å². The number of hydrogen-bond donors (Lipinski definition) is 0. The van der Waals surface area contributed by atoms with Crippen molar-refractivity contribution in [2.45, 2.75) is 28.7 Å². The van der Waals surface area contributed by atoms with Gasteiger partial charge >= 0.3 is 0 Å². The van der Waals surface area contributed by atoms with E-state index in [0.29, 0.717) is 26.8 Å². The molecule has 2 nitrogen and oxygen atoms in total. The zero-order chi connectivity index (χ0) is 13.4. The molecule has 1 aliphatic carbocycles. The topological polar surface area (TPSA) is 25.8 Å². The van der Waals surface area contributed by atoms with Crippen LogP contribution >= 0.6 is 23.4 Å². The van der Waals surface area contributed by atoms with E-state index in [2.05, 4.69) is 9.97 Å². The third-order valence-corrected chi connectivity index (χ3v) is 3.90. The maximum atomic E-state index is 13.6. The summed E-state index contributed by atoms with van der Waals surface area (Å²) in [5.41, 5.74) is 0. The van der Waals surface area contributed by atoms with Crippen molar-refractivity contribution >= 4 is 23.4 Å². The molecule has 6 heteroatoms. The normalized spacial score (nSPS) is 14.7. The first-order valence-electron chi connectivity index (χ1n) is 5.79. The molecule has 3 rings (SSSR count). The van der Waals surface area contributed by atoms with Crippen LogP contribution in [-0.2, 0) is 0 Å². The monoisotopic (exact) mass is 298 g/mol. The van der Waals surface area contributed by atoms with Gasteiger partial charge in [-0.05, 0) is 25.0 Å². The molecule has 0 unspecified atom stereocenters. The lowest BCUT2D eigenvalue weighted by Crippen LogP contribution is -1.95. The van der Waals surface area contributed by atoms with Crippen LogP contribution < -0.4 is 0 Å². The van der Waals surface area contributed by atoms with Crippen LogP contribution in [-0.4, -0.2) is 9.97 Å². The van der Waals surface area contributed by atoms with Crippen molar-refractivity contribution in [3.63, 3.8) is 0 Å². The molecule has 0 saturated heterocycles. The summed E-state index contributed by atoms with van der Waals surface area (Å²) in [4.78, 5) is 8.84. The second-order valence-corrected chi connectivity index (χ2v) is 5.79. The average Bonchev–Trinajstić information content (AvgIpc) is 3.16. The Bertz CT molecular complexity index is 632. The number of aromatic nitrogens is 2. The van der Waals surface area contributed by atoms with Crippen molar-refractivity contribution < 1.29 is 8.78 Å². The molecule has 0 aliphatic heterocycles. The van der Waals surface area contributed by atoms with Gasteiger partial charge in [0.2, 0.25) is 0 Å². The highest BCUT2D eigenvalue weighted by Gasteiger charge is 2.27. The zero-order valence-corrected chi connectivity index (χ0v) is 11.3. The van der Waals surface area contributed by atoms with Crippen LogP contribution in [0, 0.1) is 11.6 Å². The highest BCUT2D eigenvalue weighted by atomic mass is 35.5. The molecule has 1 aromatic carbocycles. The van der Waals surface area contributed by atoms with Gasteiger partial charge in [-0.25, -0.2) is 18.7 Å². The summed E-state index contributed by atoms with van der Waals surface area (Å²) in [5, 5.41) is 0.925. The van der Waals surface area contributed by atoms with Crippen molar-refractivity contribution in [1.82, 2.24) is 9.97 Å². The molecule has 0 bridgehead atoms. The van der Waals surface area contributed by atoms with Crippen molar-refractivity contribution in [2.24, 2.45) is 0 Å². The minimum absolute atomic E-state index is 0.318. The third kappa shape index (κ3) is 3.04. The van der Waals surface area contributed by atoms with Crippen molar-refractivity contribution in [3.05, 3.63) is 46.9 Å². The first-order valence-corrected chi connectivity index (χ1v) is 6.98. The molecule has 0 atom stereocenters. The predicted octanol–water partition coefficient (Wildman–Crippen LogP) is 4.44. The maximum absolute atomic E-state index is 13.6. The Morgan fingerprint density at radius 1 is 1.16 bits per heavy atom. The highest BCUT2D eigenvalue weighted by molar-refractivity contribution is 7.99. The Morgan fingerprint density at radius 2 is 1.95 bits per heavy atom. The Balaban J connectivity index is 1.89. The van der Waals surface area contributed by atoms with Crippen LogP contribution in [0.15, 0.2) is 34.2 Å². The standard InChI is InChI=1S/C13H9ClF2N2S/c14-11-6-12(18-13(17-11)7-1-2-7)19-10-4-3-8(15)5-9(10)16/h3-7H,1-2H2. The number of hydrogen-bond acceptors (Lipinski definition) is 3. The minimum Gasteiger partial charge on any atom is -0.226 e. The van der Waals surface area contributed by atoms with Crippen LogP contribution in [0.25, 0.3) is 0 Å². The lowest BCUT2D eigenvalue weighted by molar-refractivity contribution is 0.565. The predicted molar refractivity (Wildman–Crippen MR) is 69.5 cm³/mol. The van der Waals surface area contributed by atoms with Crippen LogP contribution in [0.1, 0.15) is 24.6 Å². The SMILES string of the molecule is Fc1ccc(Sc2cc(Cl)nc(C3CC3)n2)c(F)c1. The largest absolute Gasteiger partial charge is 0.226 e. The fraction of sp³-hybridized carbons (Fsp3) is 0.231. The molecule has 1 aromatic heterocycles. The maximum Gasteiger partial charge on any atom is 0.140 e. The number of nitrogens with zero attached hydrogens (tertiary/aromatic N) is 2. The molecule has 1 fully saturated rings. The van der Waals surface area contributed by atoms with Crippen LogP contribution in [0.4, 0.5) is 8.78 Å². The van der Waals surface area contributed by atoms with Gasteiger partial charge < -0.3 is 0 Å². The quantitative estimate of drug-likeness (QED) is 0.784. The van der Waals surface area contributed by atoms with Gasteiger partial charge in [0.15, 0.2) is 0 Å². The summed E-state index contributed by atoms with van der Waals surface area (Å²) in [7, 11) is 0. The van der Waals surface area contributed by atoms with E-state index in [0.717, 1.165) is 30.7 Å². The Kier molecular flexibility index (Phi) is 3.41. The Morgan fingerprint density at radius 3 is 2.63 bits per heavy atom. The van der Waals surface area contributed by atoms with E-state index in [4.69, 9.17) is 11.6 Å². The van der Waals surface area contributed by atoms with Crippen molar-refractivity contribution in [3.8, 4) is 0 Å². The van der Waals surface area contributed by atoms with E-state index in [9.17, 15) is 8.78 Å². The van der Waals surface area contributed by atoms with Gasteiger partial charge in [0, 0.05) is 22.9 Å². The first kappa shape index (κ1) is 12.8. The summed E-state index contributed by atoms with van der Waals surface area (Å²) in [5.74, 6) is -0.123. The Hall–Kier alpha value is -1.20. The molecule has 1 saturated carbocycles. The fourth-order valence-electron chi connectivity index (χ4n) is 1.66. The molecule has 0 amide bonds.